The predicted octanol–water partition coefficient (Wildman–Crippen LogP) is 2.39. The molecule has 0 aliphatic carbocycles. The van der Waals surface area contributed by atoms with E-state index in [1.807, 2.05) is 25.6 Å². The third kappa shape index (κ3) is 2.13. The molecule has 0 unspecified atom stereocenters. The highest BCUT2D eigenvalue weighted by molar-refractivity contribution is 5.63. The van der Waals surface area contributed by atoms with Crippen LogP contribution < -0.4 is 5.32 Å². The maximum absolute atomic E-state index is 13.8. The van der Waals surface area contributed by atoms with Gasteiger partial charge in [0.15, 0.2) is 0 Å². The van der Waals surface area contributed by atoms with Gasteiger partial charge in [-0.3, -0.25) is 0 Å². The summed E-state index contributed by atoms with van der Waals surface area (Å²) >= 11 is 0. The summed E-state index contributed by atoms with van der Waals surface area (Å²) in [5.74, 6) is -0.336. The van der Waals surface area contributed by atoms with E-state index in [9.17, 15) is 8.78 Å². The normalized spacial score (nSPS) is 10.9. The van der Waals surface area contributed by atoms with E-state index < -0.39 is 11.6 Å². The summed E-state index contributed by atoms with van der Waals surface area (Å²) in [7, 11) is 3.65. The zero-order valence-electron chi connectivity index (χ0n) is 10.6. The molecule has 0 amide bonds. The largest absolute Gasteiger partial charge is 0.330 e. The number of aromatic nitrogens is 2. The highest BCUT2D eigenvalue weighted by atomic mass is 19.1. The quantitative estimate of drug-likeness (QED) is 0.907. The summed E-state index contributed by atoms with van der Waals surface area (Å²) < 4.78 is 28.5. The second kappa shape index (κ2) is 4.86. The topological polar surface area (TPSA) is 29.9 Å². The lowest BCUT2D eigenvalue weighted by molar-refractivity contribution is 0.584. The van der Waals surface area contributed by atoms with Crippen LogP contribution in [0.4, 0.5) is 8.78 Å². The molecule has 3 nitrogen and oxygen atoms in total. The van der Waals surface area contributed by atoms with Gasteiger partial charge in [-0.25, -0.2) is 13.8 Å². The Morgan fingerprint density at radius 2 is 2.06 bits per heavy atom. The highest BCUT2D eigenvalue weighted by Crippen LogP contribution is 2.27. The lowest BCUT2D eigenvalue weighted by Gasteiger charge is -2.07. The van der Waals surface area contributed by atoms with Crippen LogP contribution in [0.1, 0.15) is 11.5 Å². The second-order valence-corrected chi connectivity index (χ2v) is 4.18. The summed E-state index contributed by atoms with van der Waals surface area (Å²) in [6.45, 7) is 2.41. The van der Waals surface area contributed by atoms with Crippen molar-refractivity contribution < 1.29 is 8.78 Å². The molecular formula is C13H15F2N3. The first kappa shape index (κ1) is 12.7. The number of nitrogens with zero attached hydrogens (tertiary/aromatic N) is 2. The van der Waals surface area contributed by atoms with Crippen molar-refractivity contribution in [2.75, 3.05) is 7.05 Å². The average molecular weight is 251 g/mol. The Labute approximate surface area is 104 Å². The molecule has 2 rings (SSSR count). The van der Waals surface area contributed by atoms with Crippen molar-refractivity contribution in [3.63, 3.8) is 0 Å². The number of hydrogen-bond donors (Lipinski definition) is 1. The summed E-state index contributed by atoms with van der Waals surface area (Å²) in [6.07, 6.45) is 0. The van der Waals surface area contributed by atoms with Crippen LogP contribution in [0.25, 0.3) is 11.3 Å². The maximum Gasteiger partial charge on any atom is 0.135 e. The summed E-state index contributed by atoms with van der Waals surface area (Å²) in [5, 5.41) is 3.00. The number of rotatable bonds is 3. The van der Waals surface area contributed by atoms with Crippen molar-refractivity contribution in [1.29, 1.82) is 0 Å². The first-order valence-corrected chi connectivity index (χ1v) is 5.66. The fraction of sp³-hybridized carbons (Fsp3) is 0.308. The fourth-order valence-corrected chi connectivity index (χ4v) is 2.07. The molecule has 0 aliphatic rings. The van der Waals surface area contributed by atoms with Gasteiger partial charge >= 0.3 is 0 Å². The minimum absolute atomic E-state index is 0.367. The van der Waals surface area contributed by atoms with Crippen molar-refractivity contribution in [2.45, 2.75) is 13.5 Å². The number of hydrogen-bond acceptors (Lipinski definition) is 2. The molecule has 1 N–H and O–H groups in total. The Kier molecular flexibility index (Phi) is 3.43. The Hall–Kier alpha value is -1.75. The van der Waals surface area contributed by atoms with Crippen molar-refractivity contribution in [3.05, 3.63) is 41.4 Å². The van der Waals surface area contributed by atoms with E-state index >= 15 is 0 Å². The lowest BCUT2D eigenvalue weighted by Crippen LogP contribution is -2.10. The standard InChI is InChI=1S/C13H15F2N3/c1-8-13(18(3)12(17-8)7-16-2)10-5-4-9(14)6-11(10)15/h4-6,16H,7H2,1-3H3. The monoisotopic (exact) mass is 251 g/mol. The highest BCUT2D eigenvalue weighted by Gasteiger charge is 2.16. The Bertz CT molecular complexity index is 576. The van der Waals surface area contributed by atoms with E-state index in [0.717, 1.165) is 17.6 Å². The Morgan fingerprint density at radius 1 is 1.33 bits per heavy atom. The Balaban J connectivity index is 2.56. The fourth-order valence-electron chi connectivity index (χ4n) is 2.07. The van der Waals surface area contributed by atoms with Crippen molar-refractivity contribution >= 4 is 0 Å². The average Bonchev–Trinajstić information content (AvgIpc) is 2.56. The molecule has 5 heteroatoms. The van der Waals surface area contributed by atoms with E-state index in [0.29, 0.717) is 17.8 Å². The lowest BCUT2D eigenvalue weighted by atomic mass is 10.1. The van der Waals surface area contributed by atoms with E-state index in [1.54, 1.807) is 0 Å². The molecule has 1 aromatic carbocycles. The maximum atomic E-state index is 13.8. The number of imidazole rings is 1. The number of aryl methyl sites for hydroxylation is 1. The first-order chi connectivity index (χ1) is 8.54. The molecule has 0 aliphatic heterocycles. The first-order valence-electron chi connectivity index (χ1n) is 5.66. The van der Waals surface area contributed by atoms with Crippen molar-refractivity contribution in [3.8, 4) is 11.3 Å². The van der Waals surface area contributed by atoms with Crippen LogP contribution in [0.2, 0.25) is 0 Å². The smallest absolute Gasteiger partial charge is 0.135 e. The van der Waals surface area contributed by atoms with Crippen LogP contribution in [0.3, 0.4) is 0 Å². The van der Waals surface area contributed by atoms with Crippen LogP contribution in [0, 0.1) is 18.6 Å². The molecule has 18 heavy (non-hydrogen) atoms. The minimum atomic E-state index is -0.577. The van der Waals surface area contributed by atoms with Crippen LogP contribution in [0.5, 0.6) is 0 Å². The van der Waals surface area contributed by atoms with Crippen LogP contribution >= 0.6 is 0 Å². The van der Waals surface area contributed by atoms with Gasteiger partial charge in [0.05, 0.1) is 17.9 Å². The van der Waals surface area contributed by atoms with Crippen LogP contribution in [-0.4, -0.2) is 16.6 Å². The van der Waals surface area contributed by atoms with Gasteiger partial charge in [0.2, 0.25) is 0 Å². The van der Waals surface area contributed by atoms with Gasteiger partial charge in [-0.1, -0.05) is 0 Å². The third-order valence-electron chi connectivity index (χ3n) is 2.88. The van der Waals surface area contributed by atoms with Gasteiger partial charge in [0.1, 0.15) is 17.5 Å². The molecule has 0 saturated heterocycles. The van der Waals surface area contributed by atoms with Gasteiger partial charge < -0.3 is 9.88 Å². The van der Waals surface area contributed by atoms with Crippen LogP contribution in [0.15, 0.2) is 18.2 Å². The zero-order valence-corrected chi connectivity index (χ0v) is 10.6. The SMILES string of the molecule is CNCc1nc(C)c(-c2ccc(F)cc2F)n1C. The predicted molar refractivity (Wildman–Crippen MR) is 66.1 cm³/mol. The molecule has 0 fully saturated rings. The third-order valence-corrected chi connectivity index (χ3v) is 2.88. The molecule has 96 valence electrons. The van der Waals surface area contributed by atoms with Gasteiger partial charge in [-0.05, 0) is 26.1 Å². The van der Waals surface area contributed by atoms with Gasteiger partial charge in [-0.15, -0.1) is 0 Å². The van der Waals surface area contributed by atoms with E-state index in [4.69, 9.17) is 0 Å². The minimum Gasteiger partial charge on any atom is -0.330 e. The molecule has 0 bridgehead atoms. The Morgan fingerprint density at radius 3 is 2.67 bits per heavy atom. The summed E-state index contributed by atoms with van der Waals surface area (Å²) in [5.41, 5.74) is 1.78. The van der Waals surface area contributed by atoms with E-state index in [-0.39, 0.29) is 0 Å². The zero-order chi connectivity index (χ0) is 13.3. The number of benzene rings is 1. The summed E-state index contributed by atoms with van der Waals surface area (Å²) in [4.78, 5) is 4.38. The number of halogens is 2. The molecule has 0 radical (unpaired) electrons. The molecule has 0 atom stereocenters. The van der Waals surface area contributed by atoms with Gasteiger partial charge in [-0.2, -0.15) is 0 Å². The van der Waals surface area contributed by atoms with Gasteiger partial charge in [0, 0.05) is 18.7 Å². The van der Waals surface area contributed by atoms with E-state index in [2.05, 4.69) is 10.3 Å². The molecule has 1 heterocycles. The molecular weight excluding hydrogens is 236 g/mol. The van der Waals surface area contributed by atoms with Crippen LogP contribution in [-0.2, 0) is 13.6 Å². The molecule has 0 saturated carbocycles. The summed E-state index contributed by atoms with van der Waals surface area (Å²) in [6, 6.07) is 3.58. The second-order valence-electron chi connectivity index (χ2n) is 4.18. The van der Waals surface area contributed by atoms with Crippen molar-refractivity contribution in [1.82, 2.24) is 14.9 Å². The molecule has 2 aromatic rings. The van der Waals surface area contributed by atoms with Gasteiger partial charge in [0.25, 0.3) is 0 Å². The number of nitrogens with one attached hydrogen (secondary N) is 1. The molecule has 1 aromatic heterocycles. The molecule has 0 spiro atoms. The van der Waals surface area contributed by atoms with E-state index in [1.165, 1.54) is 12.1 Å². The van der Waals surface area contributed by atoms with Crippen molar-refractivity contribution in [2.24, 2.45) is 7.05 Å².